The average Bonchev–Trinajstić information content (AvgIpc) is 2.28. The lowest BCUT2D eigenvalue weighted by Gasteiger charge is -2.38. The quantitative estimate of drug-likeness (QED) is 0.620. The topological polar surface area (TPSA) is 72.8 Å². The molecule has 5 heteroatoms. The number of aliphatic hydroxyl groups is 1. The van der Waals surface area contributed by atoms with Gasteiger partial charge in [-0.25, -0.2) is 0 Å². The van der Waals surface area contributed by atoms with E-state index in [4.69, 9.17) is 5.11 Å². The molecule has 3 N–H and O–H groups in total. The summed E-state index contributed by atoms with van der Waals surface area (Å²) < 4.78 is 0. The number of rotatable bonds is 6. The van der Waals surface area contributed by atoms with Gasteiger partial charge in [-0.05, 0) is 45.7 Å². The molecular formula is C12H24N2O3. The van der Waals surface area contributed by atoms with Crippen LogP contribution in [-0.2, 0) is 4.79 Å². The van der Waals surface area contributed by atoms with Gasteiger partial charge < -0.3 is 15.5 Å². The van der Waals surface area contributed by atoms with E-state index in [1.54, 1.807) is 0 Å². The highest BCUT2D eigenvalue weighted by molar-refractivity contribution is 5.68. The first-order chi connectivity index (χ1) is 8.00. The lowest BCUT2D eigenvalue weighted by atomic mass is 9.96. The van der Waals surface area contributed by atoms with Crippen molar-refractivity contribution in [3.63, 3.8) is 0 Å². The molecule has 1 fully saturated rings. The van der Waals surface area contributed by atoms with Crippen LogP contribution in [0.25, 0.3) is 0 Å². The van der Waals surface area contributed by atoms with E-state index in [0.717, 1.165) is 32.5 Å². The van der Waals surface area contributed by atoms with Crippen molar-refractivity contribution in [2.45, 2.75) is 38.8 Å². The fourth-order valence-electron chi connectivity index (χ4n) is 2.32. The van der Waals surface area contributed by atoms with Gasteiger partial charge in [0, 0.05) is 12.6 Å². The van der Waals surface area contributed by atoms with Crippen molar-refractivity contribution in [1.29, 1.82) is 0 Å². The van der Waals surface area contributed by atoms with Gasteiger partial charge in [0.15, 0.2) is 0 Å². The summed E-state index contributed by atoms with van der Waals surface area (Å²) in [7, 11) is 0. The second kappa shape index (κ2) is 6.93. The highest BCUT2D eigenvalue weighted by Gasteiger charge is 2.25. The van der Waals surface area contributed by atoms with E-state index >= 15 is 0 Å². The van der Waals surface area contributed by atoms with Crippen LogP contribution >= 0.6 is 0 Å². The van der Waals surface area contributed by atoms with Gasteiger partial charge in [0.1, 0.15) is 0 Å². The Hall–Kier alpha value is -0.650. The fourth-order valence-corrected chi connectivity index (χ4v) is 2.32. The van der Waals surface area contributed by atoms with Crippen molar-refractivity contribution in [2.24, 2.45) is 5.92 Å². The zero-order valence-electron chi connectivity index (χ0n) is 10.7. The van der Waals surface area contributed by atoms with Gasteiger partial charge in [-0.1, -0.05) is 0 Å². The molecule has 0 amide bonds. The van der Waals surface area contributed by atoms with E-state index < -0.39 is 5.97 Å². The molecule has 0 aromatic carbocycles. The molecule has 0 bridgehead atoms. The van der Waals surface area contributed by atoms with Crippen LogP contribution in [0, 0.1) is 5.92 Å². The van der Waals surface area contributed by atoms with Crippen LogP contribution in [0.15, 0.2) is 0 Å². The van der Waals surface area contributed by atoms with E-state index in [0.29, 0.717) is 5.92 Å². The summed E-state index contributed by atoms with van der Waals surface area (Å²) in [6.45, 7) is 6.60. The molecule has 0 aromatic rings. The van der Waals surface area contributed by atoms with E-state index in [9.17, 15) is 9.90 Å². The minimum absolute atomic E-state index is 0.0302. The molecule has 1 rings (SSSR count). The molecule has 0 radical (unpaired) electrons. The van der Waals surface area contributed by atoms with Crippen molar-refractivity contribution >= 4 is 5.97 Å². The molecule has 1 aliphatic heterocycles. The Morgan fingerprint density at radius 1 is 1.53 bits per heavy atom. The number of aliphatic hydroxyl groups excluding tert-OH is 1. The molecule has 5 nitrogen and oxygen atoms in total. The minimum Gasteiger partial charge on any atom is -0.480 e. The molecular weight excluding hydrogens is 220 g/mol. The van der Waals surface area contributed by atoms with Crippen LogP contribution < -0.4 is 5.32 Å². The molecule has 1 saturated heterocycles. The Labute approximate surface area is 103 Å². The van der Waals surface area contributed by atoms with Gasteiger partial charge in [0.2, 0.25) is 0 Å². The van der Waals surface area contributed by atoms with E-state index in [2.05, 4.69) is 10.2 Å². The molecule has 3 unspecified atom stereocenters. The average molecular weight is 244 g/mol. The van der Waals surface area contributed by atoms with Gasteiger partial charge in [-0.2, -0.15) is 0 Å². The molecule has 0 spiro atoms. The highest BCUT2D eigenvalue weighted by Crippen LogP contribution is 2.19. The number of hydrogen-bond acceptors (Lipinski definition) is 4. The fraction of sp³-hybridized carbons (Fsp3) is 0.917. The van der Waals surface area contributed by atoms with E-state index in [1.165, 1.54) is 0 Å². The van der Waals surface area contributed by atoms with Crippen molar-refractivity contribution in [3.8, 4) is 0 Å². The zero-order valence-corrected chi connectivity index (χ0v) is 10.7. The first kappa shape index (κ1) is 14.4. The van der Waals surface area contributed by atoms with Gasteiger partial charge >= 0.3 is 5.97 Å². The standard InChI is InChI=1S/C12H24N2O3/c1-9(10(2)15)14-5-3-4-11(8-14)6-13-7-12(16)17/h9-11,13,15H,3-8H2,1-2H3,(H,16,17). The van der Waals surface area contributed by atoms with Crippen molar-refractivity contribution < 1.29 is 15.0 Å². The molecule has 1 heterocycles. The molecule has 3 atom stereocenters. The third-order valence-corrected chi connectivity index (χ3v) is 3.53. The van der Waals surface area contributed by atoms with Gasteiger partial charge in [0.05, 0.1) is 12.6 Å². The Morgan fingerprint density at radius 3 is 2.82 bits per heavy atom. The third kappa shape index (κ3) is 5.02. The third-order valence-electron chi connectivity index (χ3n) is 3.53. The predicted octanol–water partition coefficient (Wildman–Crippen LogP) is 0.142. The summed E-state index contributed by atoms with van der Waals surface area (Å²) in [6.07, 6.45) is 1.94. The lowest BCUT2D eigenvalue weighted by molar-refractivity contribution is -0.136. The normalized spacial score (nSPS) is 25.5. The summed E-state index contributed by atoms with van der Waals surface area (Å²) in [4.78, 5) is 12.7. The number of carboxylic acid groups (broad SMARTS) is 1. The highest BCUT2D eigenvalue weighted by atomic mass is 16.4. The molecule has 0 aliphatic carbocycles. The van der Waals surface area contributed by atoms with Crippen LogP contribution in [0.5, 0.6) is 0 Å². The number of hydrogen-bond donors (Lipinski definition) is 3. The number of nitrogens with zero attached hydrogens (tertiary/aromatic N) is 1. The lowest BCUT2D eigenvalue weighted by Crippen LogP contribution is -2.47. The van der Waals surface area contributed by atoms with Gasteiger partial charge in [-0.15, -0.1) is 0 Å². The first-order valence-electron chi connectivity index (χ1n) is 6.35. The molecule has 1 aliphatic rings. The number of nitrogens with one attached hydrogen (secondary N) is 1. The number of aliphatic carboxylic acids is 1. The number of carboxylic acids is 1. The Morgan fingerprint density at radius 2 is 2.24 bits per heavy atom. The number of carbonyl (C=O) groups is 1. The van der Waals surface area contributed by atoms with Crippen LogP contribution in [0.4, 0.5) is 0 Å². The van der Waals surface area contributed by atoms with Crippen LogP contribution in [0.1, 0.15) is 26.7 Å². The Bertz CT molecular complexity index is 246. The molecule has 100 valence electrons. The molecule has 0 saturated carbocycles. The summed E-state index contributed by atoms with van der Waals surface area (Å²) in [5.74, 6) is -0.320. The molecule has 0 aromatic heterocycles. The predicted molar refractivity (Wildman–Crippen MR) is 65.9 cm³/mol. The van der Waals surface area contributed by atoms with Crippen LogP contribution in [0.3, 0.4) is 0 Å². The first-order valence-corrected chi connectivity index (χ1v) is 6.35. The minimum atomic E-state index is -0.810. The van der Waals surface area contributed by atoms with Crippen LogP contribution in [0.2, 0.25) is 0 Å². The maximum absolute atomic E-state index is 10.4. The second-order valence-corrected chi connectivity index (χ2v) is 5.01. The number of piperidine rings is 1. The SMILES string of the molecule is CC(O)C(C)N1CCCC(CNCC(=O)O)C1. The smallest absolute Gasteiger partial charge is 0.317 e. The molecule has 17 heavy (non-hydrogen) atoms. The van der Waals surface area contributed by atoms with Crippen molar-refractivity contribution in [3.05, 3.63) is 0 Å². The van der Waals surface area contributed by atoms with Gasteiger partial charge in [0.25, 0.3) is 0 Å². The summed E-state index contributed by atoms with van der Waals surface area (Å²) >= 11 is 0. The van der Waals surface area contributed by atoms with Gasteiger partial charge in [-0.3, -0.25) is 9.69 Å². The van der Waals surface area contributed by atoms with E-state index in [1.807, 2.05) is 13.8 Å². The van der Waals surface area contributed by atoms with E-state index in [-0.39, 0.29) is 18.7 Å². The zero-order chi connectivity index (χ0) is 12.8. The maximum Gasteiger partial charge on any atom is 0.317 e. The van der Waals surface area contributed by atoms with Crippen LogP contribution in [-0.4, -0.2) is 59.4 Å². The second-order valence-electron chi connectivity index (χ2n) is 5.01. The Balaban J connectivity index is 2.31. The Kier molecular flexibility index (Phi) is 5.88. The summed E-state index contributed by atoms with van der Waals surface area (Å²) in [6, 6.07) is 0.178. The van der Waals surface area contributed by atoms with Crippen molar-refractivity contribution in [1.82, 2.24) is 10.2 Å². The number of likely N-dealkylation sites (tertiary alicyclic amines) is 1. The maximum atomic E-state index is 10.4. The summed E-state index contributed by atoms with van der Waals surface area (Å²) in [5.41, 5.74) is 0. The monoisotopic (exact) mass is 244 g/mol. The summed E-state index contributed by atoms with van der Waals surface area (Å²) in [5, 5.41) is 21.1. The van der Waals surface area contributed by atoms with Crippen molar-refractivity contribution in [2.75, 3.05) is 26.2 Å². The largest absolute Gasteiger partial charge is 0.480 e.